The Labute approximate surface area is 193 Å². The van der Waals surface area contributed by atoms with Crippen molar-refractivity contribution in [1.29, 1.82) is 0 Å². The minimum Gasteiger partial charge on any atom is -0.489 e. The Bertz CT molecular complexity index is 1140. The van der Waals surface area contributed by atoms with Crippen molar-refractivity contribution < 1.29 is 31.1 Å². The molecule has 0 aliphatic carbocycles. The number of anilines is 1. The zero-order valence-electron chi connectivity index (χ0n) is 18.3. The maximum absolute atomic E-state index is 13.8. The first-order valence-corrected chi connectivity index (χ1v) is 9.62. The minimum absolute atomic E-state index is 0.537. The topological polar surface area (TPSA) is 21.2 Å². The van der Waals surface area contributed by atoms with Gasteiger partial charge in [-0.15, -0.1) is 0 Å². The SMILES string of the molecule is [C-]#[N+]C1=C(/C=C/C=C/C=C/c2ccc(N(C)C)cc2)C(C(F)(F)F)(C(F)(F)F)O/C1=C(\C)[N+]#[C-]. The van der Waals surface area contributed by atoms with Crippen LogP contribution >= 0.6 is 0 Å². The first kappa shape index (κ1) is 26.3. The zero-order valence-corrected chi connectivity index (χ0v) is 18.3. The third-order valence-electron chi connectivity index (χ3n) is 4.81. The molecule has 0 N–H and O–H groups in total. The third kappa shape index (κ3) is 5.01. The predicted octanol–water partition coefficient (Wildman–Crippen LogP) is 7.10. The molecular formula is C24H19F6N3O. The number of ether oxygens (including phenoxy) is 1. The summed E-state index contributed by atoms with van der Waals surface area (Å²) in [6, 6.07) is 7.44. The first-order chi connectivity index (χ1) is 15.8. The smallest absolute Gasteiger partial charge is 0.440 e. The van der Waals surface area contributed by atoms with Crippen molar-refractivity contribution in [2.24, 2.45) is 0 Å². The van der Waals surface area contributed by atoms with Gasteiger partial charge in [-0.2, -0.15) is 26.3 Å². The van der Waals surface area contributed by atoms with E-state index in [-0.39, 0.29) is 0 Å². The fourth-order valence-electron chi connectivity index (χ4n) is 3.06. The molecule has 0 atom stereocenters. The summed E-state index contributed by atoms with van der Waals surface area (Å²) in [4.78, 5) is 7.58. The molecule has 178 valence electrons. The van der Waals surface area contributed by atoms with Gasteiger partial charge in [0.2, 0.25) is 5.70 Å². The fourth-order valence-corrected chi connectivity index (χ4v) is 3.06. The lowest BCUT2D eigenvalue weighted by atomic mass is 9.91. The van der Waals surface area contributed by atoms with Crippen LogP contribution in [-0.4, -0.2) is 32.0 Å². The van der Waals surface area contributed by atoms with Gasteiger partial charge in [-0.25, -0.2) is 9.69 Å². The van der Waals surface area contributed by atoms with Gasteiger partial charge in [0.1, 0.15) is 5.76 Å². The molecule has 0 bridgehead atoms. The highest BCUT2D eigenvalue weighted by molar-refractivity contribution is 5.57. The molecule has 0 spiro atoms. The number of alkyl halides is 6. The standard InChI is InChI=1S/C24H19F6N3O/c1-16(31-2)21-20(32-3)19(22(34-21,23(25,26)27)24(28,29)30)11-9-7-6-8-10-17-12-14-18(15-13-17)33(4)5/h6-15H,1,4-5H3/b7-6+,10-8+,11-9+,21-16+. The highest BCUT2D eigenvalue weighted by Crippen LogP contribution is 2.57. The van der Waals surface area contributed by atoms with E-state index in [4.69, 9.17) is 13.1 Å². The zero-order chi connectivity index (χ0) is 25.7. The summed E-state index contributed by atoms with van der Waals surface area (Å²) < 4.78 is 86.9. The quantitative estimate of drug-likeness (QED) is 0.255. The van der Waals surface area contributed by atoms with Gasteiger partial charge in [-0.3, -0.25) is 0 Å². The van der Waals surface area contributed by atoms with Crippen molar-refractivity contribution in [1.82, 2.24) is 0 Å². The summed E-state index contributed by atoms with van der Waals surface area (Å²) in [6.45, 7) is 15.1. The van der Waals surface area contributed by atoms with Crippen LogP contribution in [0.15, 0.2) is 77.4 Å². The maximum atomic E-state index is 13.8. The van der Waals surface area contributed by atoms with E-state index in [0.29, 0.717) is 6.08 Å². The Morgan fingerprint density at radius 1 is 0.912 bits per heavy atom. The van der Waals surface area contributed by atoms with Crippen molar-refractivity contribution in [3.63, 3.8) is 0 Å². The lowest BCUT2D eigenvalue weighted by Crippen LogP contribution is -2.57. The Morgan fingerprint density at radius 3 is 1.88 bits per heavy atom. The second kappa shape index (κ2) is 9.92. The van der Waals surface area contributed by atoms with E-state index in [0.717, 1.165) is 24.3 Å². The predicted molar refractivity (Wildman–Crippen MR) is 117 cm³/mol. The number of hydrogen-bond acceptors (Lipinski definition) is 2. The highest BCUT2D eigenvalue weighted by atomic mass is 19.4. The normalized spacial score (nSPS) is 17.9. The Balaban J connectivity index is 2.44. The van der Waals surface area contributed by atoms with Gasteiger partial charge in [-0.1, -0.05) is 48.6 Å². The van der Waals surface area contributed by atoms with Gasteiger partial charge in [0.05, 0.1) is 13.1 Å². The van der Waals surface area contributed by atoms with Crippen LogP contribution in [-0.2, 0) is 4.74 Å². The first-order valence-electron chi connectivity index (χ1n) is 9.62. The number of hydrogen-bond donors (Lipinski definition) is 0. The van der Waals surface area contributed by atoms with E-state index in [1.807, 2.05) is 43.3 Å². The third-order valence-corrected chi connectivity index (χ3v) is 4.81. The molecule has 0 radical (unpaired) electrons. The van der Waals surface area contributed by atoms with Crippen LogP contribution < -0.4 is 4.90 Å². The molecule has 0 fully saturated rings. The van der Waals surface area contributed by atoms with E-state index in [1.165, 1.54) is 12.2 Å². The molecule has 2 rings (SSSR count). The lowest BCUT2D eigenvalue weighted by molar-refractivity contribution is -0.350. The van der Waals surface area contributed by atoms with Gasteiger partial charge < -0.3 is 9.64 Å². The highest BCUT2D eigenvalue weighted by Gasteiger charge is 2.77. The summed E-state index contributed by atoms with van der Waals surface area (Å²) in [6.07, 6.45) is -4.50. The monoisotopic (exact) mass is 479 g/mol. The summed E-state index contributed by atoms with van der Waals surface area (Å²) in [7, 11) is 3.77. The van der Waals surface area contributed by atoms with Crippen LogP contribution in [0.3, 0.4) is 0 Å². The van der Waals surface area contributed by atoms with E-state index in [1.54, 1.807) is 12.2 Å². The summed E-state index contributed by atoms with van der Waals surface area (Å²) in [5.74, 6) is -1.04. The minimum atomic E-state index is -5.94. The molecule has 0 saturated heterocycles. The molecule has 4 nitrogen and oxygen atoms in total. The van der Waals surface area contributed by atoms with Gasteiger partial charge in [0.25, 0.3) is 0 Å². The Kier molecular flexibility index (Phi) is 7.68. The molecule has 1 aliphatic rings. The van der Waals surface area contributed by atoms with Crippen LogP contribution in [0, 0.1) is 13.1 Å². The Morgan fingerprint density at radius 2 is 1.44 bits per heavy atom. The number of benzene rings is 1. The molecule has 0 unspecified atom stereocenters. The largest absolute Gasteiger partial charge is 0.489 e. The van der Waals surface area contributed by atoms with Crippen molar-refractivity contribution in [3.8, 4) is 0 Å². The molecular weight excluding hydrogens is 460 g/mol. The summed E-state index contributed by atoms with van der Waals surface area (Å²) in [5, 5.41) is 0. The maximum Gasteiger partial charge on any atom is 0.440 e. The Hall–Kier alpha value is -3.92. The van der Waals surface area contributed by atoms with Gasteiger partial charge in [0, 0.05) is 25.4 Å². The molecule has 10 heteroatoms. The molecule has 0 aromatic heterocycles. The van der Waals surface area contributed by atoms with Crippen molar-refractivity contribution in [3.05, 3.63) is 106 Å². The van der Waals surface area contributed by atoms with Crippen molar-refractivity contribution in [2.45, 2.75) is 24.9 Å². The van der Waals surface area contributed by atoms with E-state index in [2.05, 4.69) is 14.4 Å². The molecule has 0 saturated carbocycles. The second-order valence-corrected chi connectivity index (χ2v) is 7.27. The molecule has 1 aliphatic heterocycles. The summed E-state index contributed by atoms with van der Waals surface area (Å²) in [5.41, 5.74) is -5.96. The number of nitrogens with zero attached hydrogens (tertiary/aromatic N) is 3. The number of allylic oxidation sites excluding steroid dienone is 5. The molecule has 1 aromatic rings. The van der Waals surface area contributed by atoms with Crippen LogP contribution in [0.1, 0.15) is 12.5 Å². The van der Waals surface area contributed by atoms with Crippen molar-refractivity contribution >= 4 is 11.8 Å². The van der Waals surface area contributed by atoms with Crippen LogP contribution in [0.4, 0.5) is 32.0 Å². The number of halogens is 6. The van der Waals surface area contributed by atoms with E-state index < -0.39 is 40.7 Å². The summed E-state index contributed by atoms with van der Waals surface area (Å²) >= 11 is 0. The van der Waals surface area contributed by atoms with Crippen LogP contribution in [0.5, 0.6) is 0 Å². The van der Waals surface area contributed by atoms with Crippen molar-refractivity contribution in [2.75, 3.05) is 19.0 Å². The van der Waals surface area contributed by atoms with Gasteiger partial charge in [0.15, 0.2) is 5.70 Å². The molecule has 34 heavy (non-hydrogen) atoms. The molecule has 1 heterocycles. The average Bonchev–Trinajstić information content (AvgIpc) is 3.11. The number of rotatable bonds is 5. The lowest BCUT2D eigenvalue weighted by Gasteiger charge is -2.35. The molecule has 1 aromatic carbocycles. The molecule has 0 amide bonds. The van der Waals surface area contributed by atoms with Crippen LogP contribution in [0.2, 0.25) is 0 Å². The fraction of sp³-hybridized carbons (Fsp3) is 0.250. The van der Waals surface area contributed by atoms with Gasteiger partial charge >= 0.3 is 18.0 Å². The van der Waals surface area contributed by atoms with E-state index in [9.17, 15) is 26.3 Å². The van der Waals surface area contributed by atoms with E-state index >= 15 is 0 Å². The van der Waals surface area contributed by atoms with Gasteiger partial charge in [-0.05, 0) is 24.6 Å². The average molecular weight is 479 g/mol. The van der Waals surface area contributed by atoms with Crippen LogP contribution in [0.25, 0.3) is 15.8 Å². The second-order valence-electron chi connectivity index (χ2n) is 7.27.